The number of carbonyl (C=O) groups is 1. The van der Waals surface area contributed by atoms with Crippen molar-refractivity contribution in [3.05, 3.63) is 60.2 Å². The van der Waals surface area contributed by atoms with E-state index in [4.69, 9.17) is 0 Å². The van der Waals surface area contributed by atoms with Gasteiger partial charge in [-0.25, -0.2) is 14.8 Å². The average molecular weight is 434 g/mol. The fourth-order valence-corrected chi connectivity index (χ4v) is 6.09. The lowest BCUT2D eigenvalue weighted by Gasteiger charge is -2.51. The maximum absolute atomic E-state index is 13.6. The Labute approximate surface area is 191 Å². The van der Waals surface area contributed by atoms with E-state index in [9.17, 15) is 4.79 Å². The molecule has 2 saturated carbocycles. The van der Waals surface area contributed by atoms with Crippen LogP contribution in [0.1, 0.15) is 56.3 Å². The van der Waals surface area contributed by atoms with Crippen molar-refractivity contribution in [1.82, 2.24) is 24.7 Å². The lowest BCUT2D eigenvalue weighted by atomic mass is 9.68. The number of nitrogens with zero attached hydrogens (tertiary/aromatic N) is 5. The van der Waals surface area contributed by atoms with E-state index in [-0.39, 0.29) is 17.1 Å². The van der Waals surface area contributed by atoms with Crippen LogP contribution in [-0.4, -0.2) is 63.4 Å². The number of carbonyl (C=O) groups excluding carboxylic acids is 1. The molecule has 32 heavy (non-hydrogen) atoms. The van der Waals surface area contributed by atoms with Gasteiger partial charge in [0.25, 0.3) is 0 Å². The molecule has 0 unspecified atom stereocenters. The average Bonchev–Trinajstić information content (AvgIpc) is 3.03. The number of hydrogen-bond donors (Lipinski definition) is 0. The summed E-state index contributed by atoms with van der Waals surface area (Å²) in [5.74, 6) is 1.39. The van der Waals surface area contributed by atoms with Gasteiger partial charge in [0.05, 0.1) is 12.1 Å². The summed E-state index contributed by atoms with van der Waals surface area (Å²) in [6.45, 7) is 2.19. The maximum atomic E-state index is 13.6. The highest BCUT2D eigenvalue weighted by Gasteiger charge is 2.54. The Morgan fingerprint density at radius 2 is 1.69 bits per heavy atom. The first-order valence-electron chi connectivity index (χ1n) is 12.1. The Kier molecular flexibility index (Phi) is 5.66. The molecule has 1 aromatic heterocycles. The molecular formula is C26H35N5O. The Bertz CT molecular complexity index is 920. The quantitative estimate of drug-likeness (QED) is 0.682. The molecule has 2 heterocycles. The molecule has 5 rings (SSSR count). The molecule has 0 N–H and O–H groups in total. The fourth-order valence-electron chi connectivity index (χ4n) is 6.09. The molecule has 170 valence electrons. The van der Waals surface area contributed by atoms with Gasteiger partial charge in [-0.2, -0.15) is 0 Å². The first-order valence-corrected chi connectivity index (χ1v) is 12.1. The first kappa shape index (κ1) is 21.4. The molecule has 2 aromatic rings. The SMILES string of the molecule is CN(C)[C@]1(c2ccccc2)CC[C@@]2(CC1)CN(Cc1ncccn1)C(=O)N2CC1CCC1. The van der Waals surface area contributed by atoms with Crippen molar-refractivity contribution < 1.29 is 4.79 Å². The van der Waals surface area contributed by atoms with Crippen molar-refractivity contribution >= 4 is 6.03 Å². The highest BCUT2D eigenvalue weighted by molar-refractivity contribution is 5.78. The van der Waals surface area contributed by atoms with Gasteiger partial charge in [0, 0.05) is 31.0 Å². The molecule has 0 atom stereocenters. The molecular weight excluding hydrogens is 398 g/mol. The highest BCUT2D eigenvalue weighted by Crippen LogP contribution is 2.49. The minimum Gasteiger partial charge on any atom is -0.317 e. The van der Waals surface area contributed by atoms with Crippen LogP contribution in [0.15, 0.2) is 48.8 Å². The molecule has 1 aromatic carbocycles. The van der Waals surface area contributed by atoms with Crippen LogP contribution >= 0.6 is 0 Å². The minimum atomic E-state index is -0.0737. The van der Waals surface area contributed by atoms with E-state index in [0.717, 1.165) is 44.6 Å². The highest BCUT2D eigenvalue weighted by atomic mass is 16.2. The topological polar surface area (TPSA) is 52.6 Å². The number of hydrogen-bond acceptors (Lipinski definition) is 4. The third-order valence-corrected chi connectivity index (χ3v) is 8.35. The van der Waals surface area contributed by atoms with Crippen molar-refractivity contribution in [2.45, 2.75) is 62.6 Å². The first-order chi connectivity index (χ1) is 15.5. The van der Waals surface area contributed by atoms with Crippen molar-refractivity contribution in [3.63, 3.8) is 0 Å². The Balaban J connectivity index is 1.40. The van der Waals surface area contributed by atoms with Gasteiger partial charge >= 0.3 is 6.03 Å². The summed E-state index contributed by atoms with van der Waals surface area (Å²) in [6, 6.07) is 12.9. The van der Waals surface area contributed by atoms with Gasteiger partial charge in [-0.05, 0) is 70.2 Å². The Hall–Kier alpha value is -2.47. The molecule has 6 nitrogen and oxygen atoms in total. The van der Waals surface area contributed by atoms with E-state index in [2.05, 4.69) is 64.2 Å². The van der Waals surface area contributed by atoms with E-state index in [1.165, 1.54) is 24.8 Å². The molecule has 3 fully saturated rings. The molecule has 2 aliphatic carbocycles. The van der Waals surface area contributed by atoms with E-state index in [1.807, 2.05) is 11.0 Å². The summed E-state index contributed by atoms with van der Waals surface area (Å²) in [4.78, 5) is 29.0. The Morgan fingerprint density at radius 3 is 2.28 bits per heavy atom. The smallest absolute Gasteiger partial charge is 0.317 e. The van der Waals surface area contributed by atoms with E-state index in [1.54, 1.807) is 12.4 Å². The number of amides is 2. The summed E-state index contributed by atoms with van der Waals surface area (Å²) >= 11 is 0. The van der Waals surface area contributed by atoms with E-state index >= 15 is 0 Å². The van der Waals surface area contributed by atoms with Crippen LogP contribution in [0.25, 0.3) is 0 Å². The maximum Gasteiger partial charge on any atom is 0.321 e. The largest absolute Gasteiger partial charge is 0.321 e. The molecule has 0 radical (unpaired) electrons. The summed E-state index contributed by atoms with van der Waals surface area (Å²) in [5, 5.41) is 0. The molecule has 1 saturated heterocycles. The monoisotopic (exact) mass is 433 g/mol. The Morgan fingerprint density at radius 1 is 1.00 bits per heavy atom. The predicted octanol–water partition coefficient (Wildman–Crippen LogP) is 4.28. The summed E-state index contributed by atoms with van der Waals surface area (Å²) in [5.41, 5.74) is 1.35. The summed E-state index contributed by atoms with van der Waals surface area (Å²) < 4.78 is 0. The second kappa shape index (κ2) is 8.47. The lowest BCUT2D eigenvalue weighted by Crippen LogP contribution is -2.56. The summed E-state index contributed by atoms with van der Waals surface area (Å²) in [6.07, 6.45) is 11.5. The summed E-state index contributed by atoms with van der Waals surface area (Å²) in [7, 11) is 4.41. The van der Waals surface area contributed by atoms with Crippen LogP contribution < -0.4 is 0 Å². The molecule has 6 heteroatoms. The molecule has 1 spiro atoms. The van der Waals surface area contributed by atoms with Crippen LogP contribution in [0.5, 0.6) is 0 Å². The number of benzene rings is 1. The van der Waals surface area contributed by atoms with Crippen LogP contribution in [0.4, 0.5) is 4.79 Å². The van der Waals surface area contributed by atoms with Gasteiger partial charge in [-0.3, -0.25) is 4.90 Å². The standard InChI is InChI=1S/C26H35N5O/c1-29(2)26(22-10-4-3-5-11-22)14-12-25(13-15-26)20-30(19-23-27-16-7-17-28-23)24(32)31(25)18-21-8-6-9-21/h3-5,7,10-11,16-17,21H,6,8-9,12-15,18-20H2,1-2H3/t25-,26-. The van der Waals surface area contributed by atoms with Crippen LogP contribution in [0, 0.1) is 5.92 Å². The molecule has 3 aliphatic rings. The van der Waals surface area contributed by atoms with Crippen molar-refractivity contribution in [1.29, 1.82) is 0 Å². The second-order valence-corrected chi connectivity index (χ2v) is 10.2. The number of urea groups is 1. The number of aromatic nitrogens is 2. The van der Waals surface area contributed by atoms with Gasteiger partial charge in [0.1, 0.15) is 5.82 Å². The predicted molar refractivity (Wildman–Crippen MR) is 125 cm³/mol. The third kappa shape index (κ3) is 3.68. The van der Waals surface area contributed by atoms with Gasteiger partial charge in [-0.15, -0.1) is 0 Å². The zero-order chi connectivity index (χ0) is 22.2. The van der Waals surface area contributed by atoms with Crippen LogP contribution in [0.2, 0.25) is 0 Å². The van der Waals surface area contributed by atoms with Gasteiger partial charge in [0.15, 0.2) is 0 Å². The minimum absolute atomic E-state index is 0.0354. The van der Waals surface area contributed by atoms with Crippen LogP contribution in [0.3, 0.4) is 0 Å². The van der Waals surface area contributed by atoms with Gasteiger partial charge in [-0.1, -0.05) is 36.8 Å². The van der Waals surface area contributed by atoms with Crippen molar-refractivity contribution in [2.75, 3.05) is 27.2 Å². The van der Waals surface area contributed by atoms with Crippen molar-refractivity contribution in [2.24, 2.45) is 5.92 Å². The second-order valence-electron chi connectivity index (χ2n) is 10.2. The van der Waals surface area contributed by atoms with E-state index in [0.29, 0.717) is 12.5 Å². The van der Waals surface area contributed by atoms with E-state index < -0.39 is 0 Å². The van der Waals surface area contributed by atoms with Gasteiger partial charge in [0.2, 0.25) is 0 Å². The molecule has 1 aliphatic heterocycles. The van der Waals surface area contributed by atoms with Gasteiger partial charge < -0.3 is 9.80 Å². The third-order valence-electron chi connectivity index (χ3n) is 8.35. The number of rotatable bonds is 6. The normalized spacial score (nSPS) is 28.5. The van der Waals surface area contributed by atoms with Crippen molar-refractivity contribution in [3.8, 4) is 0 Å². The molecule has 2 amide bonds. The lowest BCUT2D eigenvalue weighted by molar-refractivity contribution is 0.0159. The molecule has 0 bridgehead atoms. The zero-order valence-corrected chi connectivity index (χ0v) is 19.4. The van der Waals surface area contributed by atoms with Crippen LogP contribution in [-0.2, 0) is 12.1 Å². The fraction of sp³-hybridized carbons (Fsp3) is 0.577. The zero-order valence-electron chi connectivity index (χ0n) is 19.4.